The van der Waals surface area contributed by atoms with Crippen molar-refractivity contribution in [3.05, 3.63) is 11.1 Å². The molecule has 0 spiro atoms. The Morgan fingerprint density at radius 2 is 1.68 bits per heavy atom. The molecule has 19 heavy (non-hydrogen) atoms. The van der Waals surface area contributed by atoms with Gasteiger partial charge in [0, 0.05) is 24.3 Å². The van der Waals surface area contributed by atoms with Crippen LogP contribution in [0, 0.1) is 11.8 Å². The Morgan fingerprint density at radius 3 is 2.21 bits per heavy atom. The Bertz CT molecular complexity index is 376. The number of hydrogen-bond acceptors (Lipinski definition) is 3. The van der Waals surface area contributed by atoms with Crippen molar-refractivity contribution in [2.75, 3.05) is 13.2 Å². The summed E-state index contributed by atoms with van der Waals surface area (Å²) in [5.41, 5.74) is 0.309. The number of aliphatic hydroxyl groups is 1. The highest BCUT2D eigenvalue weighted by Crippen LogP contribution is 2.29. The smallest absolute Gasteiger partial charge is 0.331 e. The van der Waals surface area contributed by atoms with Crippen molar-refractivity contribution in [3.63, 3.8) is 0 Å². The van der Waals surface area contributed by atoms with Crippen molar-refractivity contribution in [3.8, 4) is 0 Å². The van der Waals surface area contributed by atoms with Gasteiger partial charge in [-0.15, -0.1) is 0 Å². The molecule has 0 aromatic carbocycles. The fourth-order valence-electron chi connectivity index (χ4n) is 2.48. The molecule has 0 aliphatic heterocycles. The Labute approximate surface area is 113 Å². The molecule has 5 nitrogen and oxygen atoms in total. The fourth-order valence-corrected chi connectivity index (χ4v) is 2.48. The van der Waals surface area contributed by atoms with Crippen LogP contribution in [0.2, 0.25) is 0 Å². The van der Waals surface area contributed by atoms with Gasteiger partial charge in [-0.1, -0.05) is 12.8 Å². The van der Waals surface area contributed by atoms with E-state index in [2.05, 4.69) is 5.32 Å². The first kappa shape index (κ1) is 15.7. The van der Waals surface area contributed by atoms with Crippen LogP contribution in [-0.4, -0.2) is 35.2 Å². The average Bonchev–Trinajstić information content (AvgIpc) is 2.43. The summed E-state index contributed by atoms with van der Waals surface area (Å²) in [6.45, 7) is 3.61. The number of rotatable bonds is 5. The van der Waals surface area contributed by atoms with Crippen LogP contribution in [-0.2, 0) is 9.59 Å². The minimum Gasteiger partial charge on any atom is -0.478 e. The van der Waals surface area contributed by atoms with Crippen LogP contribution in [0.25, 0.3) is 0 Å². The maximum Gasteiger partial charge on any atom is 0.331 e. The number of aliphatic hydroxyl groups excluding tert-OH is 1. The third-order valence-electron chi connectivity index (χ3n) is 4.05. The summed E-state index contributed by atoms with van der Waals surface area (Å²) in [6, 6.07) is 0. The summed E-state index contributed by atoms with van der Waals surface area (Å²) >= 11 is 0. The van der Waals surface area contributed by atoms with Gasteiger partial charge in [0.15, 0.2) is 0 Å². The van der Waals surface area contributed by atoms with Crippen molar-refractivity contribution < 1.29 is 19.8 Å². The van der Waals surface area contributed by atoms with E-state index in [0.717, 1.165) is 25.7 Å². The number of aliphatic carboxylic acids is 1. The predicted molar refractivity (Wildman–Crippen MR) is 71.6 cm³/mol. The molecule has 1 saturated carbocycles. The minimum absolute atomic E-state index is 0.0693. The lowest BCUT2D eigenvalue weighted by atomic mass is 9.79. The molecule has 1 fully saturated rings. The highest BCUT2D eigenvalue weighted by atomic mass is 16.4. The topological polar surface area (TPSA) is 86.6 Å². The fraction of sp³-hybridized carbons (Fsp3) is 0.714. The van der Waals surface area contributed by atoms with Gasteiger partial charge in [0.25, 0.3) is 0 Å². The molecule has 0 bridgehead atoms. The van der Waals surface area contributed by atoms with Crippen molar-refractivity contribution in [2.24, 2.45) is 11.8 Å². The minimum atomic E-state index is -1.07. The highest BCUT2D eigenvalue weighted by Gasteiger charge is 2.25. The van der Waals surface area contributed by atoms with E-state index in [-0.39, 0.29) is 29.6 Å². The molecule has 0 heterocycles. The van der Waals surface area contributed by atoms with Gasteiger partial charge < -0.3 is 15.5 Å². The van der Waals surface area contributed by atoms with Crippen LogP contribution in [0.1, 0.15) is 39.5 Å². The van der Waals surface area contributed by atoms with E-state index < -0.39 is 5.97 Å². The monoisotopic (exact) mass is 269 g/mol. The second kappa shape index (κ2) is 7.28. The van der Waals surface area contributed by atoms with E-state index in [0.29, 0.717) is 12.5 Å². The predicted octanol–water partition coefficient (Wildman–Crippen LogP) is 1.32. The van der Waals surface area contributed by atoms with Crippen molar-refractivity contribution in [1.29, 1.82) is 0 Å². The zero-order valence-electron chi connectivity index (χ0n) is 11.6. The van der Waals surface area contributed by atoms with E-state index in [4.69, 9.17) is 5.11 Å². The Morgan fingerprint density at radius 1 is 1.11 bits per heavy atom. The van der Waals surface area contributed by atoms with E-state index in [9.17, 15) is 14.7 Å². The van der Waals surface area contributed by atoms with Crippen LogP contribution in [0.5, 0.6) is 0 Å². The zero-order chi connectivity index (χ0) is 14.4. The SMILES string of the molecule is CC(C(=O)O)=C(C)C(=O)NCC1CCCCC1CO. The lowest BCUT2D eigenvalue weighted by Gasteiger charge is -2.30. The molecule has 1 aliphatic carbocycles. The third kappa shape index (κ3) is 4.35. The number of carboxylic acids is 1. The van der Waals surface area contributed by atoms with E-state index in [1.54, 1.807) is 0 Å². The Balaban J connectivity index is 2.54. The first-order chi connectivity index (χ1) is 8.97. The number of nitrogens with one attached hydrogen (secondary N) is 1. The number of carbonyl (C=O) groups excluding carboxylic acids is 1. The summed E-state index contributed by atoms with van der Waals surface area (Å²) in [6.07, 6.45) is 4.26. The van der Waals surface area contributed by atoms with Crippen LogP contribution < -0.4 is 5.32 Å². The van der Waals surface area contributed by atoms with E-state index in [1.165, 1.54) is 13.8 Å². The zero-order valence-corrected chi connectivity index (χ0v) is 11.6. The number of hydrogen-bond donors (Lipinski definition) is 3. The molecular weight excluding hydrogens is 246 g/mol. The van der Waals surface area contributed by atoms with Crippen LogP contribution in [0.3, 0.4) is 0 Å². The maximum absolute atomic E-state index is 11.8. The highest BCUT2D eigenvalue weighted by molar-refractivity contribution is 6.01. The Kier molecular flexibility index (Phi) is 6.02. The van der Waals surface area contributed by atoms with Crippen LogP contribution in [0.4, 0.5) is 0 Å². The lowest BCUT2D eigenvalue weighted by molar-refractivity contribution is -0.133. The number of amides is 1. The van der Waals surface area contributed by atoms with E-state index >= 15 is 0 Å². The molecule has 3 N–H and O–H groups in total. The molecule has 1 rings (SSSR count). The normalized spacial score (nSPS) is 24.6. The van der Waals surface area contributed by atoms with Gasteiger partial charge in [-0.2, -0.15) is 0 Å². The molecule has 1 aliphatic rings. The second-order valence-electron chi connectivity index (χ2n) is 5.25. The van der Waals surface area contributed by atoms with Crippen LogP contribution >= 0.6 is 0 Å². The Hall–Kier alpha value is -1.36. The van der Waals surface area contributed by atoms with Gasteiger partial charge in [0.2, 0.25) is 5.91 Å². The van der Waals surface area contributed by atoms with Crippen molar-refractivity contribution in [2.45, 2.75) is 39.5 Å². The molecule has 0 saturated heterocycles. The largest absolute Gasteiger partial charge is 0.478 e. The summed E-state index contributed by atoms with van der Waals surface area (Å²) in [7, 11) is 0. The molecule has 5 heteroatoms. The molecule has 2 atom stereocenters. The van der Waals surface area contributed by atoms with Gasteiger partial charge in [-0.05, 0) is 38.5 Å². The summed E-state index contributed by atoms with van der Waals surface area (Å²) < 4.78 is 0. The second-order valence-corrected chi connectivity index (χ2v) is 5.25. The van der Waals surface area contributed by atoms with Gasteiger partial charge in [0.1, 0.15) is 0 Å². The summed E-state index contributed by atoms with van der Waals surface area (Å²) in [5.74, 6) is -0.861. The first-order valence-electron chi connectivity index (χ1n) is 6.77. The van der Waals surface area contributed by atoms with Crippen molar-refractivity contribution >= 4 is 11.9 Å². The molecule has 0 aromatic rings. The first-order valence-corrected chi connectivity index (χ1v) is 6.77. The molecular formula is C14H23NO4. The maximum atomic E-state index is 11.8. The lowest BCUT2D eigenvalue weighted by Crippen LogP contribution is -2.36. The molecule has 0 aromatic heterocycles. The molecule has 108 valence electrons. The number of carboxylic acid groups (broad SMARTS) is 1. The molecule has 0 radical (unpaired) electrons. The van der Waals surface area contributed by atoms with Gasteiger partial charge in [0.05, 0.1) is 0 Å². The summed E-state index contributed by atoms with van der Waals surface area (Å²) in [4.78, 5) is 22.6. The van der Waals surface area contributed by atoms with Gasteiger partial charge in [-0.3, -0.25) is 4.79 Å². The summed E-state index contributed by atoms with van der Waals surface area (Å²) in [5, 5.41) is 20.9. The van der Waals surface area contributed by atoms with Crippen molar-refractivity contribution in [1.82, 2.24) is 5.32 Å². The van der Waals surface area contributed by atoms with Crippen LogP contribution in [0.15, 0.2) is 11.1 Å². The third-order valence-corrected chi connectivity index (χ3v) is 4.05. The molecule has 2 unspecified atom stereocenters. The standard InChI is InChI=1S/C14H23NO4/c1-9(10(2)14(18)19)13(17)15-7-11-5-3-4-6-12(11)8-16/h11-12,16H,3-8H2,1-2H3,(H,15,17)(H,18,19). The molecule has 1 amide bonds. The average molecular weight is 269 g/mol. The van der Waals surface area contributed by atoms with E-state index in [1.807, 2.05) is 0 Å². The quantitative estimate of drug-likeness (QED) is 0.657. The van der Waals surface area contributed by atoms with Gasteiger partial charge >= 0.3 is 5.97 Å². The number of carbonyl (C=O) groups is 2. The van der Waals surface area contributed by atoms with Gasteiger partial charge in [-0.25, -0.2) is 4.79 Å².